The summed E-state index contributed by atoms with van der Waals surface area (Å²) in [4.78, 5) is 30.5. The van der Waals surface area contributed by atoms with E-state index in [0.29, 0.717) is 18.7 Å². The van der Waals surface area contributed by atoms with Gasteiger partial charge in [0.05, 0.1) is 12.6 Å². The number of rotatable bonds is 5. The molecule has 1 fully saturated rings. The molecule has 29 heavy (non-hydrogen) atoms. The molecule has 0 saturated carbocycles. The van der Waals surface area contributed by atoms with E-state index in [1.807, 2.05) is 39.8 Å². The van der Waals surface area contributed by atoms with E-state index in [0.717, 1.165) is 31.0 Å². The van der Waals surface area contributed by atoms with E-state index >= 15 is 0 Å². The first-order valence-corrected chi connectivity index (χ1v) is 10.1. The van der Waals surface area contributed by atoms with Gasteiger partial charge in [0.2, 0.25) is 0 Å². The Hall–Kier alpha value is -2.77. The van der Waals surface area contributed by atoms with Gasteiger partial charge in [-0.2, -0.15) is 0 Å². The van der Waals surface area contributed by atoms with Crippen molar-refractivity contribution in [1.29, 1.82) is 0 Å². The molecule has 1 aromatic carbocycles. The number of hydrogen-bond acceptors (Lipinski definition) is 4. The van der Waals surface area contributed by atoms with Crippen LogP contribution in [0.4, 0.5) is 4.79 Å². The van der Waals surface area contributed by atoms with E-state index in [4.69, 9.17) is 9.73 Å². The minimum absolute atomic E-state index is 0.0283. The molecule has 160 valence electrons. The lowest BCUT2D eigenvalue weighted by Crippen LogP contribution is -2.44. The van der Waals surface area contributed by atoms with Crippen LogP contribution in [0.2, 0.25) is 0 Å². The highest BCUT2D eigenvalue weighted by molar-refractivity contribution is 5.93. The summed E-state index contributed by atoms with van der Waals surface area (Å²) in [5, 5.41) is 8.86. The molecule has 3 N–H and O–H groups in total. The molecule has 8 heteroatoms. The fourth-order valence-corrected chi connectivity index (χ4v) is 3.04. The Bertz CT molecular complexity index is 725. The van der Waals surface area contributed by atoms with Crippen LogP contribution < -0.4 is 16.0 Å². The van der Waals surface area contributed by atoms with Crippen LogP contribution in [0, 0.1) is 0 Å². The Morgan fingerprint density at radius 3 is 2.52 bits per heavy atom. The number of ether oxygens (including phenoxy) is 1. The second kappa shape index (κ2) is 10.1. The molecule has 0 radical (unpaired) electrons. The minimum atomic E-state index is -0.508. The predicted molar refractivity (Wildman–Crippen MR) is 114 cm³/mol. The van der Waals surface area contributed by atoms with Crippen molar-refractivity contribution in [1.82, 2.24) is 20.9 Å². The maximum Gasteiger partial charge on any atom is 0.407 e. The normalized spacial score (nSPS) is 17.1. The third-order valence-electron chi connectivity index (χ3n) is 4.40. The molecule has 1 aliphatic heterocycles. The summed E-state index contributed by atoms with van der Waals surface area (Å²) in [5.74, 6) is 0.713. The van der Waals surface area contributed by atoms with Gasteiger partial charge in [-0.15, -0.1) is 0 Å². The number of amides is 2. The van der Waals surface area contributed by atoms with Crippen molar-refractivity contribution in [3.05, 3.63) is 35.4 Å². The average molecular weight is 404 g/mol. The molecule has 1 aromatic rings. The summed E-state index contributed by atoms with van der Waals surface area (Å²) in [6, 6.07) is 7.45. The first kappa shape index (κ1) is 22.5. The Labute approximate surface area is 173 Å². The number of likely N-dealkylation sites (tertiary alicyclic amines) is 1. The zero-order valence-corrected chi connectivity index (χ0v) is 18.0. The first-order valence-electron chi connectivity index (χ1n) is 10.1. The average Bonchev–Trinajstić information content (AvgIpc) is 3.11. The van der Waals surface area contributed by atoms with Crippen LogP contribution in [0.1, 0.15) is 50.0 Å². The van der Waals surface area contributed by atoms with Gasteiger partial charge < -0.3 is 25.6 Å². The van der Waals surface area contributed by atoms with E-state index < -0.39 is 5.60 Å². The predicted octanol–water partition coefficient (Wildman–Crippen LogP) is 2.11. The number of nitrogens with one attached hydrogen (secondary N) is 3. The van der Waals surface area contributed by atoms with Crippen LogP contribution in [0.5, 0.6) is 0 Å². The second-order valence-corrected chi connectivity index (χ2v) is 8.02. The van der Waals surface area contributed by atoms with Crippen molar-refractivity contribution < 1.29 is 14.3 Å². The third kappa shape index (κ3) is 7.29. The number of guanidine groups is 1. The topological polar surface area (TPSA) is 95.1 Å². The number of aliphatic imine (C=N–C) groups is 1. The highest BCUT2D eigenvalue weighted by atomic mass is 16.6. The van der Waals surface area contributed by atoms with Gasteiger partial charge in [0.25, 0.3) is 5.91 Å². The van der Waals surface area contributed by atoms with Crippen molar-refractivity contribution in [3.63, 3.8) is 0 Å². The van der Waals surface area contributed by atoms with Crippen molar-refractivity contribution in [2.75, 3.05) is 26.7 Å². The molecule has 1 heterocycles. The monoisotopic (exact) mass is 403 g/mol. The molecule has 1 unspecified atom stereocenters. The second-order valence-electron chi connectivity index (χ2n) is 8.02. The van der Waals surface area contributed by atoms with Gasteiger partial charge in [0, 0.05) is 32.2 Å². The summed E-state index contributed by atoms with van der Waals surface area (Å²) in [7, 11) is 1.62. The number of nitrogens with zero attached hydrogens (tertiary/aromatic N) is 2. The van der Waals surface area contributed by atoms with E-state index in [1.54, 1.807) is 19.2 Å². The number of benzene rings is 1. The van der Waals surface area contributed by atoms with Crippen LogP contribution in [0.25, 0.3) is 0 Å². The van der Waals surface area contributed by atoms with Crippen LogP contribution in [-0.4, -0.2) is 61.2 Å². The summed E-state index contributed by atoms with van der Waals surface area (Å²) in [5.41, 5.74) is 1.14. The lowest BCUT2D eigenvalue weighted by molar-refractivity contribution is 0.0507. The molecule has 2 rings (SSSR count). The molecule has 1 aliphatic rings. The van der Waals surface area contributed by atoms with Gasteiger partial charge in [-0.3, -0.25) is 4.79 Å². The standard InChI is InChI=1S/C21H33N5O3/c1-6-23-19(24-13-15-7-9-16(10-8-15)18(27)22-5)26-12-11-17(14-26)25-20(28)29-21(2,3)4/h7-10,17H,6,11-14H2,1-5H3,(H,22,27)(H,23,24)(H,25,28). The summed E-state index contributed by atoms with van der Waals surface area (Å²) in [6.07, 6.45) is 0.451. The first-order chi connectivity index (χ1) is 13.7. The molecule has 2 amide bonds. The smallest absolute Gasteiger partial charge is 0.407 e. The lowest BCUT2D eigenvalue weighted by Gasteiger charge is -2.23. The summed E-state index contributed by atoms with van der Waals surface area (Å²) < 4.78 is 5.34. The molecule has 0 aliphatic carbocycles. The summed E-state index contributed by atoms with van der Waals surface area (Å²) in [6.45, 7) is 10.3. The highest BCUT2D eigenvalue weighted by Crippen LogP contribution is 2.13. The van der Waals surface area contributed by atoms with E-state index in [-0.39, 0.29) is 18.0 Å². The fraction of sp³-hybridized carbons (Fsp3) is 0.571. The Morgan fingerprint density at radius 2 is 1.93 bits per heavy atom. The largest absolute Gasteiger partial charge is 0.444 e. The molecule has 1 atom stereocenters. The van der Waals surface area contributed by atoms with Crippen LogP contribution in [0.15, 0.2) is 29.3 Å². The van der Waals surface area contributed by atoms with Gasteiger partial charge >= 0.3 is 6.09 Å². The number of hydrogen-bond donors (Lipinski definition) is 3. The van der Waals surface area contributed by atoms with Gasteiger partial charge in [-0.1, -0.05) is 12.1 Å². The molecule has 0 spiro atoms. The Balaban J connectivity index is 1.95. The van der Waals surface area contributed by atoms with Crippen LogP contribution in [0.3, 0.4) is 0 Å². The van der Waals surface area contributed by atoms with Gasteiger partial charge in [0.15, 0.2) is 5.96 Å². The van der Waals surface area contributed by atoms with E-state index in [2.05, 4.69) is 20.9 Å². The lowest BCUT2D eigenvalue weighted by atomic mass is 10.1. The van der Waals surface area contributed by atoms with Gasteiger partial charge in [0.1, 0.15) is 5.60 Å². The van der Waals surface area contributed by atoms with Crippen molar-refractivity contribution in [3.8, 4) is 0 Å². The minimum Gasteiger partial charge on any atom is -0.444 e. The molecule has 0 aromatic heterocycles. The van der Waals surface area contributed by atoms with Gasteiger partial charge in [-0.05, 0) is 51.8 Å². The fourth-order valence-electron chi connectivity index (χ4n) is 3.04. The summed E-state index contributed by atoms with van der Waals surface area (Å²) >= 11 is 0. The number of alkyl carbamates (subject to hydrolysis) is 1. The quantitative estimate of drug-likeness (QED) is 0.517. The van der Waals surface area contributed by atoms with Crippen LogP contribution in [-0.2, 0) is 11.3 Å². The SMILES string of the molecule is CCNC(=NCc1ccc(C(=O)NC)cc1)N1CCC(NC(=O)OC(C)(C)C)C1. The van der Waals surface area contributed by atoms with Crippen molar-refractivity contribution >= 4 is 18.0 Å². The molecule has 8 nitrogen and oxygen atoms in total. The third-order valence-corrected chi connectivity index (χ3v) is 4.40. The zero-order valence-electron chi connectivity index (χ0n) is 18.0. The van der Waals surface area contributed by atoms with Crippen molar-refractivity contribution in [2.45, 2.75) is 52.3 Å². The maximum atomic E-state index is 12.0. The van der Waals surface area contributed by atoms with E-state index in [1.165, 1.54) is 0 Å². The van der Waals surface area contributed by atoms with Gasteiger partial charge in [-0.25, -0.2) is 9.79 Å². The number of carbonyl (C=O) groups is 2. The molecule has 0 bridgehead atoms. The Kier molecular flexibility index (Phi) is 7.87. The van der Waals surface area contributed by atoms with Crippen molar-refractivity contribution in [2.24, 2.45) is 4.99 Å². The molecular weight excluding hydrogens is 370 g/mol. The number of carbonyl (C=O) groups excluding carboxylic acids is 2. The highest BCUT2D eigenvalue weighted by Gasteiger charge is 2.27. The Morgan fingerprint density at radius 1 is 1.24 bits per heavy atom. The molecule has 1 saturated heterocycles. The van der Waals surface area contributed by atoms with Crippen LogP contribution >= 0.6 is 0 Å². The zero-order chi connectivity index (χ0) is 21.4. The maximum absolute atomic E-state index is 12.0. The van der Waals surface area contributed by atoms with E-state index in [9.17, 15) is 9.59 Å². The molecular formula is C21H33N5O3.